The van der Waals surface area contributed by atoms with Crippen LogP contribution in [-0.2, 0) is 9.53 Å². The SMILES string of the molecule is CCCCCCCCCCCC(=O)OCCCCCCCCCCCCCCCCCCCCCCCCCCCCCCCCCCCO. The largest absolute Gasteiger partial charge is 0.466 e. The molecule has 0 aromatic rings. The van der Waals surface area contributed by atoms with Crippen LogP contribution in [0.15, 0.2) is 0 Å². The van der Waals surface area contributed by atoms with Gasteiger partial charge in [0, 0.05) is 13.0 Å². The lowest BCUT2D eigenvalue weighted by molar-refractivity contribution is -0.143. The fraction of sp³-hybridized carbons (Fsp3) is 0.979. The molecule has 0 aliphatic rings. The predicted octanol–water partition coefficient (Wildman–Crippen LogP) is 16.3. The third kappa shape index (κ3) is 45.5. The molecule has 50 heavy (non-hydrogen) atoms. The molecule has 0 aliphatic carbocycles. The Hall–Kier alpha value is -0.570. The number of hydrogen-bond acceptors (Lipinski definition) is 3. The molecule has 3 heteroatoms. The molecule has 0 heterocycles. The number of ether oxygens (including phenoxy) is 1. The van der Waals surface area contributed by atoms with Crippen molar-refractivity contribution >= 4 is 5.97 Å². The number of esters is 1. The van der Waals surface area contributed by atoms with Gasteiger partial charge in [-0.3, -0.25) is 4.79 Å². The summed E-state index contributed by atoms with van der Waals surface area (Å²) in [5.41, 5.74) is 0. The van der Waals surface area contributed by atoms with Crippen LogP contribution in [0.2, 0.25) is 0 Å². The Labute approximate surface area is 316 Å². The van der Waals surface area contributed by atoms with Gasteiger partial charge in [0.25, 0.3) is 0 Å². The van der Waals surface area contributed by atoms with Gasteiger partial charge in [0.2, 0.25) is 0 Å². The lowest BCUT2D eigenvalue weighted by Gasteiger charge is -2.06. The highest BCUT2D eigenvalue weighted by Gasteiger charge is 2.03. The Kier molecular flexibility index (Phi) is 45.9. The van der Waals surface area contributed by atoms with Gasteiger partial charge in [-0.15, -0.1) is 0 Å². The second-order valence-electron chi connectivity index (χ2n) is 16.2. The van der Waals surface area contributed by atoms with E-state index in [0.29, 0.717) is 19.6 Å². The molecule has 0 aromatic heterocycles. The van der Waals surface area contributed by atoms with Crippen molar-refractivity contribution in [1.82, 2.24) is 0 Å². The summed E-state index contributed by atoms with van der Waals surface area (Å²) < 4.78 is 5.44. The van der Waals surface area contributed by atoms with Crippen LogP contribution in [0.1, 0.15) is 283 Å². The van der Waals surface area contributed by atoms with Gasteiger partial charge in [0.05, 0.1) is 6.61 Å². The van der Waals surface area contributed by atoms with Crippen LogP contribution >= 0.6 is 0 Å². The number of rotatable bonds is 45. The van der Waals surface area contributed by atoms with Crippen LogP contribution in [0.5, 0.6) is 0 Å². The predicted molar refractivity (Wildman–Crippen MR) is 222 cm³/mol. The second kappa shape index (κ2) is 46.5. The van der Waals surface area contributed by atoms with Crippen molar-refractivity contribution in [3.05, 3.63) is 0 Å². The van der Waals surface area contributed by atoms with Gasteiger partial charge < -0.3 is 9.84 Å². The minimum atomic E-state index is 0.0241. The average Bonchev–Trinajstić information content (AvgIpc) is 3.12. The van der Waals surface area contributed by atoms with Gasteiger partial charge >= 0.3 is 5.97 Å². The Morgan fingerprint density at radius 2 is 0.540 bits per heavy atom. The van der Waals surface area contributed by atoms with Gasteiger partial charge in [-0.1, -0.05) is 257 Å². The first kappa shape index (κ1) is 49.4. The van der Waals surface area contributed by atoms with E-state index in [-0.39, 0.29) is 5.97 Å². The zero-order chi connectivity index (χ0) is 36.1. The monoisotopic (exact) mass is 707 g/mol. The van der Waals surface area contributed by atoms with E-state index in [0.717, 1.165) is 19.3 Å². The summed E-state index contributed by atoms with van der Waals surface area (Å²) in [5, 5.41) is 8.81. The summed E-state index contributed by atoms with van der Waals surface area (Å²) in [6.45, 7) is 3.27. The van der Waals surface area contributed by atoms with E-state index in [9.17, 15) is 4.79 Å². The third-order valence-electron chi connectivity index (χ3n) is 11.0. The number of unbranched alkanes of at least 4 members (excludes halogenated alkanes) is 40. The maximum absolute atomic E-state index is 11.9. The van der Waals surface area contributed by atoms with E-state index in [2.05, 4.69) is 6.92 Å². The highest BCUT2D eigenvalue weighted by atomic mass is 16.5. The van der Waals surface area contributed by atoms with Crippen molar-refractivity contribution in [1.29, 1.82) is 0 Å². The molecule has 0 aliphatic heterocycles. The summed E-state index contributed by atoms with van der Waals surface area (Å²) >= 11 is 0. The summed E-state index contributed by atoms with van der Waals surface area (Å²) in [6.07, 6.45) is 58.2. The standard InChI is InChI=1S/C47H94O3/c1-2-3-4-5-6-32-35-38-41-44-47(49)50-46-43-40-37-34-31-29-27-25-23-21-19-17-15-13-11-9-7-8-10-12-14-16-18-20-22-24-26-28-30-33-36-39-42-45-48/h48H,2-46H2,1H3. The van der Waals surface area contributed by atoms with Crippen LogP contribution in [0.25, 0.3) is 0 Å². The summed E-state index contributed by atoms with van der Waals surface area (Å²) in [6, 6.07) is 0. The molecule has 0 amide bonds. The fourth-order valence-electron chi connectivity index (χ4n) is 7.53. The molecular formula is C47H94O3. The van der Waals surface area contributed by atoms with Crippen LogP contribution in [-0.4, -0.2) is 24.3 Å². The van der Waals surface area contributed by atoms with E-state index in [1.807, 2.05) is 0 Å². The fourth-order valence-corrected chi connectivity index (χ4v) is 7.53. The second-order valence-corrected chi connectivity index (χ2v) is 16.2. The van der Waals surface area contributed by atoms with Crippen molar-refractivity contribution in [2.45, 2.75) is 283 Å². The minimum Gasteiger partial charge on any atom is -0.466 e. The van der Waals surface area contributed by atoms with E-state index >= 15 is 0 Å². The first-order chi connectivity index (χ1) is 24.8. The van der Waals surface area contributed by atoms with Gasteiger partial charge in [-0.05, 0) is 19.3 Å². The molecule has 0 rings (SSSR count). The molecule has 0 atom stereocenters. The van der Waals surface area contributed by atoms with E-state index < -0.39 is 0 Å². The van der Waals surface area contributed by atoms with Crippen molar-refractivity contribution < 1.29 is 14.6 Å². The maximum atomic E-state index is 11.9. The summed E-state index contributed by atoms with van der Waals surface area (Å²) in [4.78, 5) is 11.9. The molecule has 0 fully saturated rings. The zero-order valence-electron chi connectivity index (χ0n) is 34.6. The molecule has 0 radical (unpaired) electrons. The van der Waals surface area contributed by atoms with Gasteiger partial charge in [0.1, 0.15) is 0 Å². The Morgan fingerprint density at radius 3 is 0.800 bits per heavy atom. The average molecular weight is 707 g/mol. The lowest BCUT2D eigenvalue weighted by Crippen LogP contribution is -2.05. The molecule has 0 saturated carbocycles. The van der Waals surface area contributed by atoms with Crippen LogP contribution in [0.4, 0.5) is 0 Å². The number of aliphatic hydroxyl groups is 1. The van der Waals surface area contributed by atoms with Gasteiger partial charge in [-0.2, -0.15) is 0 Å². The smallest absolute Gasteiger partial charge is 0.305 e. The quantitative estimate of drug-likeness (QED) is 0.0506. The van der Waals surface area contributed by atoms with Gasteiger partial charge in [-0.25, -0.2) is 0 Å². The van der Waals surface area contributed by atoms with Crippen molar-refractivity contribution in [3.63, 3.8) is 0 Å². The molecule has 0 bridgehead atoms. The molecule has 300 valence electrons. The van der Waals surface area contributed by atoms with Crippen molar-refractivity contribution in [3.8, 4) is 0 Å². The Balaban J connectivity index is 3.10. The van der Waals surface area contributed by atoms with E-state index in [1.54, 1.807) is 0 Å². The number of aliphatic hydroxyl groups excluding tert-OH is 1. The normalized spacial score (nSPS) is 11.5. The molecular weight excluding hydrogens is 613 g/mol. The molecule has 0 spiro atoms. The van der Waals surface area contributed by atoms with Crippen molar-refractivity contribution in [2.75, 3.05) is 13.2 Å². The summed E-state index contributed by atoms with van der Waals surface area (Å²) in [7, 11) is 0. The number of carbonyl (C=O) groups is 1. The lowest BCUT2D eigenvalue weighted by atomic mass is 10.0. The zero-order valence-corrected chi connectivity index (χ0v) is 34.6. The molecule has 3 nitrogen and oxygen atoms in total. The first-order valence-electron chi connectivity index (χ1n) is 23.6. The minimum absolute atomic E-state index is 0.0241. The highest BCUT2D eigenvalue weighted by Crippen LogP contribution is 2.17. The van der Waals surface area contributed by atoms with Crippen LogP contribution in [0, 0.1) is 0 Å². The topological polar surface area (TPSA) is 46.5 Å². The van der Waals surface area contributed by atoms with E-state index in [4.69, 9.17) is 9.84 Å². The van der Waals surface area contributed by atoms with Crippen LogP contribution < -0.4 is 0 Å². The van der Waals surface area contributed by atoms with Crippen molar-refractivity contribution in [2.24, 2.45) is 0 Å². The van der Waals surface area contributed by atoms with Crippen LogP contribution in [0.3, 0.4) is 0 Å². The first-order valence-corrected chi connectivity index (χ1v) is 23.6. The highest BCUT2D eigenvalue weighted by molar-refractivity contribution is 5.69. The molecule has 0 aromatic carbocycles. The maximum Gasteiger partial charge on any atom is 0.305 e. The Morgan fingerprint density at radius 1 is 0.320 bits per heavy atom. The van der Waals surface area contributed by atoms with E-state index in [1.165, 1.54) is 250 Å². The Bertz CT molecular complexity index is 605. The third-order valence-corrected chi connectivity index (χ3v) is 11.0. The molecule has 1 N–H and O–H groups in total. The number of hydrogen-bond donors (Lipinski definition) is 1. The number of carbonyl (C=O) groups excluding carboxylic acids is 1. The molecule has 0 unspecified atom stereocenters. The summed E-state index contributed by atoms with van der Waals surface area (Å²) in [5.74, 6) is 0.0241. The molecule has 0 saturated heterocycles. The van der Waals surface area contributed by atoms with Gasteiger partial charge in [0.15, 0.2) is 0 Å².